The number of aryl methyl sites for hydroxylation is 4. The summed E-state index contributed by atoms with van der Waals surface area (Å²) >= 11 is 0. The number of carbonyl (C=O) groups excluding carboxylic acids is 2. The summed E-state index contributed by atoms with van der Waals surface area (Å²) in [6.45, 7) is 10.5. The molecule has 0 atom stereocenters. The average molecular weight is 973 g/mol. The van der Waals surface area contributed by atoms with Crippen molar-refractivity contribution in [3.8, 4) is 0 Å². The number of para-hydroxylation sites is 2. The molecule has 0 saturated carbocycles. The van der Waals surface area contributed by atoms with Crippen molar-refractivity contribution in [3.63, 3.8) is 0 Å². The maximum atomic E-state index is 13.1. The number of aromatic nitrogens is 4. The number of halogens is 2. The summed E-state index contributed by atoms with van der Waals surface area (Å²) in [5.41, 5.74) is 11.6. The van der Waals surface area contributed by atoms with Gasteiger partial charge in [0.15, 0.2) is 12.4 Å². The zero-order chi connectivity index (χ0) is 37.3. The summed E-state index contributed by atoms with van der Waals surface area (Å²) in [6, 6.07) is 25.5. The molecule has 4 aromatic heterocycles. The average Bonchev–Trinajstić information content (AvgIpc) is 3.70. The lowest BCUT2D eigenvalue weighted by molar-refractivity contribution is -0.657. The molecule has 8 rings (SSSR count). The molecule has 0 bridgehead atoms. The summed E-state index contributed by atoms with van der Waals surface area (Å²) in [5, 5.41) is 13.2. The number of hydrogen-bond donors (Lipinski definition) is 4. The molecule has 0 unspecified atom stereocenters. The second kappa shape index (κ2) is 17.9. The van der Waals surface area contributed by atoms with E-state index in [4.69, 9.17) is 0 Å². The van der Waals surface area contributed by atoms with Crippen LogP contribution in [0.1, 0.15) is 60.8 Å². The highest BCUT2D eigenvalue weighted by Crippen LogP contribution is 2.32. The third-order valence-electron chi connectivity index (χ3n) is 11.3. The molecule has 0 aliphatic rings. The fraction of sp³-hybridized carbons (Fsp3) is 0.304. The van der Waals surface area contributed by atoms with E-state index in [1.807, 2.05) is 12.1 Å². The smallest absolute Gasteiger partial charge is 0.286 e. The minimum absolute atomic E-state index is 0. The zero-order valence-corrected chi connectivity index (χ0v) is 36.9. The van der Waals surface area contributed by atoms with Gasteiger partial charge in [-0.25, -0.2) is 0 Å². The highest BCUT2D eigenvalue weighted by Gasteiger charge is 2.21. The van der Waals surface area contributed by atoms with Gasteiger partial charge in [0.25, 0.3) is 11.8 Å². The first kappa shape index (κ1) is 41.3. The fourth-order valence-electron chi connectivity index (χ4n) is 8.07. The summed E-state index contributed by atoms with van der Waals surface area (Å²) in [5.74, 6) is 0.0645. The van der Waals surface area contributed by atoms with E-state index in [1.54, 1.807) is 0 Å². The fourth-order valence-corrected chi connectivity index (χ4v) is 8.07. The number of fused-ring (bicyclic) bond motifs is 10. The van der Waals surface area contributed by atoms with Crippen molar-refractivity contribution in [1.82, 2.24) is 20.6 Å². The van der Waals surface area contributed by atoms with Crippen LogP contribution >= 0.6 is 0 Å². The standard InChI is InChI=1S/C46H48N6O2.2HI/c1-29-21-35-37-25-51(41-17-11-9-15-33(41)45(37)49-39(35)23-31(29)3)27-43(53)47-19-13-7-5-6-8-14-20-48-44(54)28-52-26-38-36-22-30(2)32(4)24-40(36)50-46(38)34-16-10-12-18-42(34)52;;/h9-12,15-18,21-26H,5-8,13-14,19-20,27-28H2,1-4H3,(H2,47,48,53,54);2*1H. The first-order valence-corrected chi connectivity index (χ1v) is 19.5. The summed E-state index contributed by atoms with van der Waals surface area (Å²) in [7, 11) is 0. The Morgan fingerprint density at radius 3 is 1.30 bits per heavy atom. The highest BCUT2D eigenvalue weighted by molar-refractivity contribution is 6.16. The Kier molecular flexibility index (Phi) is 13.2. The Labute approximate surface area is 361 Å². The number of nitrogens with one attached hydrogen (secondary N) is 4. The Bertz CT molecular complexity index is 2550. The largest absolute Gasteiger partial charge is 1.00 e. The quantitative estimate of drug-likeness (QED) is 0.0813. The molecule has 10 heteroatoms. The van der Waals surface area contributed by atoms with Crippen LogP contribution in [0.2, 0.25) is 0 Å². The van der Waals surface area contributed by atoms with E-state index >= 15 is 0 Å². The van der Waals surface area contributed by atoms with E-state index in [-0.39, 0.29) is 72.9 Å². The molecule has 4 N–H and O–H groups in total. The monoisotopic (exact) mass is 972 g/mol. The Morgan fingerprint density at radius 2 is 0.875 bits per heavy atom. The van der Waals surface area contributed by atoms with Crippen LogP contribution in [0.5, 0.6) is 0 Å². The molecule has 4 aromatic carbocycles. The number of rotatable bonds is 13. The number of carbonyl (C=O) groups is 2. The van der Waals surface area contributed by atoms with E-state index in [0.717, 1.165) is 93.2 Å². The minimum atomic E-state index is 0. The summed E-state index contributed by atoms with van der Waals surface area (Å²) < 4.78 is 4.16. The predicted octanol–water partition coefficient (Wildman–Crippen LogP) is 2.35. The van der Waals surface area contributed by atoms with Crippen molar-refractivity contribution in [2.45, 2.75) is 79.3 Å². The number of unbranched alkanes of at least 4 members (excludes halogenated alkanes) is 5. The van der Waals surface area contributed by atoms with Crippen LogP contribution in [-0.2, 0) is 22.7 Å². The highest BCUT2D eigenvalue weighted by atomic mass is 127. The van der Waals surface area contributed by atoms with Crippen molar-refractivity contribution in [1.29, 1.82) is 0 Å². The van der Waals surface area contributed by atoms with Crippen LogP contribution in [0.25, 0.3) is 65.4 Å². The van der Waals surface area contributed by atoms with Crippen molar-refractivity contribution in [3.05, 3.63) is 107 Å². The van der Waals surface area contributed by atoms with Crippen LogP contribution in [0.15, 0.2) is 85.2 Å². The van der Waals surface area contributed by atoms with Gasteiger partial charge in [-0.2, -0.15) is 9.13 Å². The normalized spacial score (nSPS) is 11.4. The number of aromatic amines is 2. The van der Waals surface area contributed by atoms with Crippen LogP contribution < -0.4 is 67.7 Å². The number of benzene rings is 4. The number of nitrogens with zero attached hydrogens (tertiary/aromatic N) is 2. The lowest BCUT2D eigenvalue weighted by atomic mass is 10.1. The molecule has 0 aliphatic carbocycles. The van der Waals surface area contributed by atoms with Gasteiger partial charge < -0.3 is 68.6 Å². The number of pyridine rings is 2. The third kappa shape index (κ3) is 8.37. The van der Waals surface area contributed by atoms with Gasteiger partial charge >= 0.3 is 0 Å². The van der Waals surface area contributed by atoms with E-state index < -0.39 is 0 Å². The molecule has 0 saturated heterocycles. The lowest BCUT2D eigenvalue weighted by Crippen LogP contribution is -3.00. The van der Waals surface area contributed by atoms with E-state index in [9.17, 15) is 9.59 Å². The Hall–Kier alpha value is -4.30. The van der Waals surface area contributed by atoms with Crippen LogP contribution in [0.3, 0.4) is 0 Å². The van der Waals surface area contributed by atoms with Gasteiger partial charge in [-0.15, -0.1) is 0 Å². The molecular formula is C46H50I2N6O2. The molecular weight excluding hydrogens is 922 g/mol. The van der Waals surface area contributed by atoms with E-state index in [0.29, 0.717) is 13.1 Å². The van der Waals surface area contributed by atoms with E-state index in [1.165, 1.54) is 33.0 Å². The van der Waals surface area contributed by atoms with Crippen molar-refractivity contribution >= 4 is 77.2 Å². The maximum Gasteiger partial charge on any atom is 0.286 e. The first-order chi connectivity index (χ1) is 26.2. The van der Waals surface area contributed by atoms with Gasteiger partial charge in [-0.3, -0.25) is 9.59 Å². The van der Waals surface area contributed by atoms with Crippen LogP contribution in [0, 0.1) is 27.7 Å². The van der Waals surface area contributed by atoms with Gasteiger partial charge in [0, 0.05) is 47.0 Å². The number of hydrogen-bond acceptors (Lipinski definition) is 2. The molecule has 8 nitrogen and oxygen atoms in total. The molecule has 8 aromatic rings. The molecule has 290 valence electrons. The van der Waals surface area contributed by atoms with E-state index in [2.05, 4.69) is 130 Å². The molecule has 2 amide bonds. The van der Waals surface area contributed by atoms with Gasteiger partial charge in [0.2, 0.25) is 24.1 Å². The minimum Gasteiger partial charge on any atom is -1.00 e. The van der Waals surface area contributed by atoms with Gasteiger partial charge in [-0.05, 0) is 99.2 Å². The Morgan fingerprint density at radius 1 is 0.500 bits per heavy atom. The second-order valence-electron chi connectivity index (χ2n) is 15.2. The van der Waals surface area contributed by atoms with Crippen LogP contribution in [-0.4, -0.2) is 34.9 Å². The van der Waals surface area contributed by atoms with Gasteiger partial charge in [0.05, 0.1) is 32.6 Å². The van der Waals surface area contributed by atoms with Crippen molar-refractivity contribution < 1.29 is 66.7 Å². The Balaban J connectivity index is 0.00000266. The maximum absolute atomic E-state index is 13.1. The predicted molar refractivity (Wildman–Crippen MR) is 220 cm³/mol. The summed E-state index contributed by atoms with van der Waals surface area (Å²) in [4.78, 5) is 33.4. The molecule has 0 spiro atoms. The van der Waals surface area contributed by atoms with Gasteiger partial charge in [0.1, 0.15) is 0 Å². The molecule has 0 radical (unpaired) electrons. The van der Waals surface area contributed by atoms with Gasteiger partial charge in [-0.1, -0.05) is 49.9 Å². The van der Waals surface area contributed by atoms with Crippen LogP contribution in [0.4, 0.5) is 0 Å². The summed E-state index contributed by atoms with van der Waals surface area (Å²) in [6.07, 6.45) is 10.5. The number of H-pyrrole nitrogens is 2. The van der Waals surface area contributed by atoms with Crippen molar-refractivity contribution in [2.75, 3.05) is 13.1 Å². The molecule has 4 heterocycles. The topological polar surface area (TPSA) is 97.5 Å². The molecule has 56 heavy (non-hydrogen) atoms. The molecule has 0 aliphatic heterocycles. The second-order valence-corrected chi connectivity index (χ2v) is 15.2. The number of amides is 2. The van der Waals surface area contributed by atoms with Crippen molar-refractivity contribution in [2.24, 2.45) is 0 Å². The third-order valence-corrected chi connectivity index (χ3v) is 11.3. The SMILES string of the molecule is Cc1cc2[nH]c3c(c[n+](CC(=O)NCCCCCCCCNC(=O)C[n+]4cc5c6cc(C)c(C)cc6[nH]c5c5ccccc54)c4ccccc34)c2cc1C.[I-].[I-]. The first-order valence-electron chi connectivity index (χ1n) is 19.5. The lowest BCUT2D eigenvalue weighted by Gasteiger charge is -2.07. The zero-order valence-electron chi connectivity index (χ0n) is 32.6. The molecule has 0 fully saturated rings.